The standard InChI is InChI=1S/C51H75N17O14S/c52-49(80)36(5-1-3-17-55-43(74)24-59-41(72)13-11-39(70)57-19-15-33-22-53-30-64-33)67-51(82)38(21-32-7-9-35(69)10-8-32)68-50(81)37(66-47(78)28-62-45(76)26-61-46(77)27-63-48(79)29-83)6-2-4-18-56-44(75)25-60-42(73)14-12-40(71)58-20-16-34-23-54-31-65-34/h7-10,22-23,30-31,36-38,69,83H,1-6,11-21,24-29H2,(H2,52,80)(H,53,64)(H,54,65)(H,55,74)(H,56,75)(H,57,70)(H,58,71)(H,59,72)(H,60,73)(H,61,77)(H,62,76)(H,63,79)(H,66,78)(H,67,82)(H,68,81)/t36-,37-,38+/m0/s1. The zero-order valence-electron chi connectivity index (χ0n) is 45.8. The van der Waals surface area contributed by atoms with Crippen molar-refractivity contribution < 1.29 is 67.4 Å². The SMILES string of the molecule is NC(=O)[C@H](CCCCNC(=O)CNC(=O)CCC(=O)NCCc1cnc[nH]1)NC(=O)[C@@H](Cc1ccc(O)cc1)NC(=O)[C@H](CCCCNC(=O)CNC(=O)CCC(=O)NCCc1cnc[nH]1)NC(=O)CNC(=O)CNC(=O)CNC(=O)CS. The quantitative estimate of drug-likeness (QED) is 0.0186. The fraction of sp³-hybridized carbons (Fsp3) is 0.510. The maximum atomic E-state index is 14.1. The minimum atomic E-state index is -1.41. The summed E-state index contributed by atoms with van der Waals surface area (Å²) in [6.45, 7) is -1.50. The summed E-state index contributed by atoms with van der Waals surface area (Å²) in [5.41, 5.74) is 7.82. The van der Waals surface area contributed by atoms with E-state index in [0.717, 1.165) is 11.4 Å². The van der Waals surface area contributed by atoms with E-state index in [1.165, 1.54) is 36.9 Å². The lowest BCUT2D eigenvalue weighted by Gasteiger charge is -2.25. The number of nitrogens with one attached hydrogen (secondary N) is 14. The number of imidazole rings is 2. The Bertz CT molecular complexity index is 2610. The molecule has 3 aromatic rings. The summed E-state index contributed by atoms with van der Waals surface area (Å²) in [5, 5.41) is 40.0. The molecule has 0 spiro atoms. The number of aromatic hydroxyl groups is 1. The first-order valence-electron chi connectivity index (χ1n) is 26.7. The van der Waals surface area contributed by atoms with Crippen molar-refractivity contribution in [1.29, 1.82) is 0 Å². The number of amides is 13. The van der Waals surface area contributed by atoms with E-state index in [1.807, 2.05) is 0 Å². The number of rotatable bonds is 41. The number of H-pyrrole nitrogens is 2. The topological polar surface area (TPSA) is 470 Å². The van der Waals surface area contributed by atoms with E-state index in [1.54, 1.807) is 12.4 Å². The van der Waals surface area contributed by atoms with Gasteiger partial charge in [0, 0.05) is 94.9 Å². The van der Waals surface area contributed by atoms with Gasteiger partial charge >= 0.3 is 0 Å². The Balaban J connectivity index is 1.55. The molecular weight excluding hydrogens is 1110 g/mol. The number of benzene rings is 1. The molecule has 0 aliphatic heterocycles. The highest BCUT2D eigenvalue weighted by atomic mass is 32.1. The van der Waals surface area contributed by atoms with E-state index in [0.29, 0.717) is 37.9 Å². The molecule has 0 radical (unpaired) electrons. The number of phenolic OH excluding ortho intramolecular Hbond substituents is 1. The van der Waals surface area contributed by atoms with Crippen molar-refractivity contribution in [3.8, 4) is 5.75 Å². The Morgan fingerprint density at radius 2 is 0.843 bits per heavy atom. The molecule has 0 aliphatic rings. The third-order valence-corrected chi connectivity index (χ3v) is 12.2. The van der Waals surface area contributed by atoms with Crippen LogP contribution in [0.15, 0.2) is 49.3 Å². The normalized spacial score (nSPS) is 11.7. The molecule has 83 heavy (non-hydrogen) atoms. The predicted octanol–water partition coefficient (Wildman–Crippen LogP) is -5.32. The third kappa shape index (κ3) is 31.5. The number of thiol groups is 1. The molecule has 31 nitrogen and oxygen atoms in total. The molecule has 13 amide bonds. The number of nitrogens with zero attached hydrogens (tertiary/aromatic N) is 2. The molecular formula is C51H75N17O14S. The van der Waals surface area contributed by atoms with Gasteiger partial charge in [-0.2, -0.15) is 12.6 Å². The third-order valence-electron chi connectivity index (χ3n) is 11.9. The van der Waals surface area contributed by atoms with Crippen LogP contribution < -0.4 is 69.5 Å². The van der Waals surface area contributed by atoms with Gasteiger partial charge in [0.1, 0.15) is 23.9 Å². The number of primary amides is 1. The van der Waals surface area contributed by atoms with Crippen molar-refractivity contribution in [3.63, 3.8) is 0 Å². The summed E-state index contributed by atoms with van der Waals surface area (Å²) in [6, 6.07) is 1.65. The molecule has 0 fully saturated rings. The zero-order chi connectivity index (χ0) is 60.8. The van der Waals surface area contributed by atoms with Crippen molar-refractivity contribution in [2.75, 3.05) is 64.7 Å². The highest BCUT2D eigenvalue weighted by molar-refractivity contribution is 7.81. The zero-order valence-corrected chi connectivity index (χ0v) is 46.7. The van der Waals surface area contributed by atoms with Crippen molar-refractivity contribution in [1.82, 2.24) is 83.7 Å². The molecule has 454 valence electrons. The lowest BCUT2D eigenvalue weighted by Crippen LogP contribution is -2.57. The monoisotopic (exact) mass is 1180 g/mol. The number of carbonyl (C=O) groups excluding carboxylic acids is 13. The molecule has 0 unspecified atom stereocenters. The Labute approximate surface area is 483 Å². The Hall–Kier alpha value is -9.10. The number of aromatic amines is 2. The van der Waals surface area contributed by atoms with E-state index < -0.39 is 103 Å². The average molecular weight is 1180 g/mol. The van der Waals surface area contributed by atoms with E-state index in [-0.39, 0.29) is 114 Å². The van der Waals surface area contributed by atoms with Crippen LogP contribution in [-0.4, -0.2) is 185 Å². The molecule has 32 heteroatoms. The highest BCUT2D eigenvalue weighted by Crippen LogP contribution is 2.13. The maximum absolute atomic E-state index is 14.1. The second kappa shape index (κ2) is 39.3. The molecule has 2 heterocycles. The smallest absolute Gasteiger partial charge is 0.243 e. The van der Waals surface area contributed by atoms with E-state index >= 15 is 0 Å². The molecule has 1 aromatic carbocycles. The van der Waals surface area contributed by atoms with E-state index in [4.69, 9.17) is 5.73 Å². The second-order valence-corrected chi connectivity index (χ2v) is 18.9. The van der Waals surface area contributed by atoms with Crippen LogP contribution in [0, 0.1) is 0 Å². The van der Waals surface area contributed by atoms with Crippen molar-refractivity contribution in [3.05, 3.63) is 66.3 Å². The Kier molecular flexibility index (Phi) is 32.3. The van der Waals surface area contributed by atoms with Gasteiger partial charge in [0.15, 0.2) is 0 Å². The number of phenols is 1. The van der Waals surface area contributed by atoms with E-state index in [2.05, 4.69) is 96.4 Å². The van der Waals surface area contributed by atoms with E-state index in [9.17, 15) is 67.4 Å². The van der Waals surface area contributed by atoms with Gasteiger partial charge in [-0.25, -0.2) is 9.97 Å². The minimum absolute atomic E-state index is 0.00809. The van der Waals surface area contributed by atoms with Gasteiger partial charge in [-0.3, -0.25) is 62.3 Å². The predicted molar refractivity (Wildman–Crippen MR) is 298 cm³/mol. The van der Waals surface area contributed by atoms with Crippen LogP contribution in [-0.2, 0) is 81.6 Å². The van der Waals surface area contributed by atoms with Gasteiger partial charge in [0.2, 0.25) is 76.8 Å². The number of hydrogen-bond acceptors (Lipinski definition) is 17. The number of nitrogens with two attached hydrogens (primary N) is 1. The molecule has 0 bridgehead atoms. The molecule has 2 aromatic heterocycles. The van der Waals surface area contributed by atoms with Gasteiger partial charge in [-0.05, 0) is 56.2 Å². The summed E-state index contributed by atoms with van der Waals surface area (Å²) in [4.78, 5) is 177. The van der Waals surface area contributed by atoms with Crippen LogP contribution >= 0.6 is 12.6 Å². The molecule has 3 rings (SSSR count). The summed E-state index contributed by atoms with van der Waals surface area (Å²) < 4.78 is 0. The Morgan fingerprint density at radius 1 is 0.458 bits per heavy atom. The first-order chi connectivity index (χ1) is 39.8. The van der Waals surface area contributed by atoms with Gasteiger partial charge in [-0.15, -0.1) is 0 Å². The molecule has 17 N–H and O–H groups in total. The maximum Gasteiger partial charge on any atom is 0.243 e. The lowest BCUT2D eigenvalue weighted by atomic mass is 10.0. The number of carbonyl (C=O) groups is 13. The number of aromatic nitrogens is 4. The number of unbranched alkanes of at least 4 members (excludes halogenated alkanes) is 2. The molecule has 0 saturated carbocycles. The van der Waals surface area contributed by atoms with Crippen molar-refractivity contribution in [2.24, 2.45) is 5.73 Å². The van der Waals surface area contributed by atoms with Crippen molar-refractivity contribution >= 4 is 89.4 Å². The van der Waals surface area contributed by atoms with Gasteiger partial charge < -0.3 is 84.6 Å². The second-order valence-electron chi connectivity index (χ2n) is 18.6. The lowest BCUT2D eigenvalue weighted by molar-refractivity contribution is -0.133. The van der Waals surface area contributed by atoms with Crippen LogP contribution in [0.1, 0.15) is 81.2 Å². The Morgan fingerprint density at radius 3 is 1.29 bits per heavy atom. The summed E-state index contributed by atoms with van der Waals surface area (Å²) in [5.74, 6) is -8.52. The molecule has 0 aliphatic carbocycles. The van der Waals surface area contributed by atoms with Crippen LogP contribution in [0.25, 0.3) is 0 Å². The molecule has 3 atom stereocenters. The fourth-order valence-corrected chi connectivity index (χ4v) is 7.46. The largest absolute Gasteiger partial charge is 0.508 e. The first-order valence-corrected chi connectivity index (χ1v) is 27.4. The van der Waals surface area contributed by atoms with Gasteiger partial charge in [0.25, 0.3) is 0 Å². The highest BCUT2D eigenvalue weighted by Gasteiger charge is 2.30. The van der Waals surface area contributed by atoms with Crippen molar-refractivity contribution in [2.45, 2.75) is 102 Å². The summed E-state index contributed by atoms with van der Waals surface area (Å²) >= 11 is 3.79. The minimum Gasteiger partial charge on any atom is -0.508 e. The fourth-order valence-electron chi connectivity index (χ4n) is 7.35. The van der Waals surface area contributed by atoms with Gasteiger partial charge in [0.05, 0.1) is 51.1 Å². The number of hydrogen-bond donors (Lipinski definition) is 17. The summed E-state index contributed by atoms with van der Waals surface area (Å²) in [6.07, 6.45) is 7.66. The molecule has 0 saturated heterocycles. The van der Waals surface area contributed by atoms with Crippen LogP contribution in [0.5, 0.6) is 5.75 Å². The first kappa shape index (κ1) is 68.2. The van der Waals surface area contributed by atoms with Crippen LogP contribution in [0.2, 0.25) is 0 Å². The van der Waals surface area contributed by atoms with Crippen LogP contribution in [0.3, 0.4) is 0 Å². The van der Waals surface area contributed by atoms with Gasteiger partial charge in [-0.1, -0.05) is 12.1 Å². The van der Waals surface area contributed by atoms with Crippen LogP contribution in [0.4, 0.5) is 0 Å². The average Bonchev–Trinajstić information content (AvgIpc) is 4.28. The summed E-state index contributed by atoms with van der Waals surface area (Å²) in [7, 11) is 0.